The van der Waals surface area contributed by atoms with E-state index in [1.165, 1.54) is 9.58 Å². The van der Waals surface area contributed by atoms with E-state index in [1.807, 2.05) is 12.1 Å². The van der Waals surface area contributed by atoms with Crippen LogP contribution in [0.1, 0.15) is 14.7 Å². The highest BCUT2D eigenvalue weighted by Crippen LogP contribution is 2.35. The molecule has 1 unspecified atom stereocenters. The Hall–Kier alpha value is -0.420. The Morgan fingerprint density at radius 3 is 2.72 bits per heavy atom. The van der Waals surface area contributed by atoms with Crippen molar-refractivity contribution in [3.05, 3.63) is 50.6 Å². The van der Waals surface area contributed by atoms with E-state index in [0.29, 0.717) is 0 Å². The maximum Gasteiger partial charge on any atom is 0.0953 e. The van der Waals surface area contributed by atoms with Gasteiger partial charge in [-0.15, -0.1) is 22.7 Å². The highest BCUT2D eigenvalue weighted by atomic mass is 79.9. The highest BCUT2D eigenvalue weighted by molar-refractivity contribution is 9.09. The molecule has 0 aliphatic carbocycles. The average Bonchev–Trinajstić information content (AvgIpc) is 2.94. The van der Waals surface area contributed by atoms with Crippen LogP contribution >= 0.6 is 50.2 Å². The van der Waals surface area contributed by atoms with Crippen LogP contribution in [-0.2, 0) is 6.42 Å². The molecule has 0 saturated carbocycles. The molecule has 5 heteroatoms. The lowest BCUT2D eigenvalue weighted by molar-refractivity contribution is 0.957. The summed E-state index contributed by atoms with van der Waals surface area (Å²) in [6, 6.07) is 12.3. The standard InChI is InChI=1S/C13H9BrClNS2/c14-8(10-5-6-12(15)17-10)7-13-16-9-3-1-2-4-11(9)18-13/h1-6,8H,7H2. The van der Waals surface area contributed by atoms with E-state index in [2.05, 4.69) is 45.2 Å². The average molecular weight is 359 g/mol. The van der Waals surface area contributed by atoms with Crippen LogP contribution in [0.3, 0.4) is 0 Å². The van der Waals surface area contributed by atoms with Gasteiger partial charge in [0, 0.05) is 11.3 Å². The largest absolute Gasteiger partial charge is 0.241 e. The van der Waals surface area contributed by atoms with E-state index in [0.717, 1.165) is 21.3 Å². The molecule has 0 bridgehead atoms. The summed E-state index contributed by atoms with van der Waals surface area (Å²) in [5.41, 5.74) is 1.08. The van der Waals surface area contributed by atoms with Crippen LogP contribution in [0, 0.1) is 0 Å². The summed E-state index contributed by atoms with van der Waals surface area (Å²) in [7, 11) is 0. The number of para-hydroxylation sites is 1. The summed E-state index contributed by atoms with van der Waals surface area (Å²) < 4.78 is 2.08. The zero-order valence-electron chi connectivity index (χ0n) is 9.27. The molecule has 0 aliphatic rings. The van der Waals surface area contributed by atoms with Gasteiger partial charge in [-0.2, -0.15) is 0 Å². The van der Waals surface area contributed by atoms with Gasteiger partial charge < -0.3 is 0 Å². The molecule has 0 radical (unpaired) electrons. The van der Waals surface area contributed by atoms with Crippen molar-refractivity contribution in [2.75, 3.05) is 0 Å². The lowest BCUT2D eigenvalue weighted by atomic mass is 10.3. The molecule has 1 nitrogen and oxygen atoms in total. The van der Waals surface area contributed by atoms with Crippen LogP contribution in [0.2, 0.25) is 4.34 Å². The quantitative estimate of drug-likeness (QED) is 0.548. The minimum atomic E-state index is 0.288. The monoisotopic (exact) mass is 357 g/mol. The summed E-state index contributed by atoms with van der Waals surface area (Å²) >= 11 is 13.0. The first-order chi connectivity index (χ1) is 8.72. The Labute approximate surface area is 127 Å². The molecule has 2 heterocycles. The first-order valence-electron chi connectivity index (χ1n) is 5.46. The number of thiophene rings is 1. The zero-order valence-corrected chi connectivity index (χ0v) is 13.2. The molecule has 1 aromatic carbocycles. The molecule has 3 aromatic rings. The molecule has 0 amide bonds. The van der Waals surface area contributed by atoms with Gasteiger partial charge in [0.2, 0.25) is 0 Å². The number of alkyl halides is 1. The maximum absolute atomic E-state index is 5.96. The van der Waals surface area contributed by atoms with Gasteiger partial charge in [0.1, 0.15) is 0 Å². The molecule has 0 spiro atoms. The summed E-state index contributed by atoms with van der Waals surface area (Å²) in [4.78, 5) is 6.18. The zero-order chi connectivity index (χ0) is 12.5. The van der Waals surface area contributed by atoms with Crippen molar-refractivity contribution in [2.45, 2.75) is 11.2 Å². The Bertz CT molecular complexity index is 643. The third-order valence-corrected chi connectivity index (χ3v) is 6.12. The van der Waals surface area contributed by atoms with Crippen LogP contribution in [0.5, 0.6) is 0 Å². The molecule has 18 heavy (non-hydrogen) atoms. The van der Waals surface area contributed by atoms with Gasteiger partial charge in [0.15, 0.2) is 0 Å². The number of halogens is 2. The molecular formula is C13H9BrClNS2. The number of rotatable bonds is 3. The van der Waals surface area contributed by atoms with Crippen molar-refractivity contribution in [1.29, 1.82) is 0 Å². The maximum atomic E-state index is 5.96. The van der Waals surface area contributed by atoms with Gasteiger partial charge in [-0.05, 0) is 24.3 Å². The molecule has 2 aromatic heterocycles. The normalized spacial score (nSPS) is 13.0. The van der Waals surface area contributed by atoms with Gasteiger partial charge in [-0.1, -0.05) is 39.7 Å². The predicted molar refractivity (Wildman–Crippen MR) is 84.3 cm³/mol. The highest BCUT2D eigenvalue weighted by Gasteiger charge is 2.13. The minimum Gasteiger partial charge on any atom is -0.241 e. The lowest BCUT2D eigenvalue weighted by Crippen LogP contribution is -1.91. The first-order valence-corrected chi connectivity index (χ1v) is 8.39. The topological polar surface area (TPSA) is 12.9 Å². The number of nitrogens with zero attached hydrogens (tertiary/aromatic N) is 1. The summed E-state index contributed by atoms with van der Waals surface area (Å²) in [6.45, 7) is 0. The van der Waals surface area contributed by atoms with Crippen molar-refractivity contribution in [2.24, 2.45) is 0 Å². The number of aromatic nitrogens is 1. The molecule has 3 rings (SSSR count). The van der Waals surface area contributed by atoms with Gasteiger partial charge in [0.05, 0.1) is 24.4 Å². The number of hydrogen-bond acceptors (Lipinski definition) is 3. The SMILES string of the molecule is Clc1ccc(C(Br)Cc2nc3ccccc3s2)s1. The van der Waals surface area contributed by atoms with Gasteiger partial charge in [-0.3, -0.25) is 0 Å². The molecule has 92 valence electrons. The molecule has 1 atom stereocenters. The van der Waals surface area contributed by atoms with Crippen molar-refractivity contribution < 1.29 is 0 Å². The predicted octanol–water partition coefficient (Wildman–Crippen LogP) is 5.69. The summed E-state index contributed by atoms with van der Waals surface area (Å²) in [5, 5.41) is 1.16. The van der Waals surface area contributed by atoms with Gasteiger partial charge in [0.25, 0.3) is 0 Å². The van der Waals surface area contributed by atoms with E-state index < -0.39 is 0 Å². The van der Waals surface area contributed by atoms with E-state index in [1.54, 1.807) is 22.7 Å². The third kappa shape index (κ3) is 2.62. The number of hydrogen-bond donors (Lipinski definition) is 0. The van der Waals surface area contributed by atoms with Crippen molar-refractivity contribution in [1.82, 2.24) is 4.98 Å². The minimum absolute atomic E-state index is 0.288. The molecular weight excluding hydrogens is 350 g/mol. The van der Waals surface area contributed by atoms with Gasteiger partial charge in [-0.25, -0.2) is 4.98 Å². The van der Waals surface area contributed by atoms with E-state index >= 15 is 0 Å². The Morgan fingerprint density at radius 1 is 1.17 bits per heavy atom. The smallest absolute Gasteiger partial charge is 0.0953 e. The van der Waals surface area contributed by atoms with Crippen molar-refractivity contribution >= 4 is 60.4 Å². The molecule has 0 saturated heterocycles. The fraction of sp³-hybridized carbons (Fsp3) is 0.154. The second kappa shape index (κ2) is 5.29. The number of benzene rings is 1. The van der Waals surface area contributed by atoms with Crippen LogP contribution in [-0.4, -0.2) is 4.98 Å². The van der Waals surface area contributed by atoms with Crippen LogP contribution in [0.15, 0.2) is 36.4 Å². The third-order valence-electron chi connectivity index (χ3n) is 2.59. The molecule has 0 fully saturated rings. The molecule has 0 aliphatic heterocycles. The van der Waals surface area contributed by atoms with Crippen molar-refractivity contribution in [3.8, 4) is 0 Å². The number of fused-ring (bicyclic) bond motifs is 1. The Balaban J connectivity index is 1.83. The Kier molecular flexibility index (Phi) is 3.71. The van der Waals surface area contributed by atoms with Crippen LogP contribution in [0.4, 0.5) is 0 Å². The van der Waals surface area contributed by atoms with Gasteiger partial charge >= 0.3 is 0 Å². The molecule has 0 N–H and O–H groups in total. The lowest BCUT2D eigenvalue weighted by Gasteiger charge is -2.03. The van der Waals surface area contributed by atoms with Crippen LogP contribution in [0.25, 0.3) is 10.2 Å². The Morgan fingerprint density at radius 2 is 2.00 bits per heavy atom. The van der Waals surface area contributed by atoms with E-state index in [9.17, 15) is 0 Å². The van der Waals surface area contributed by atoms with E-state index in [-0.39, 0.29) is 4.83 Å². The second-order valence-corrected chi connectivity index (χ2v) is 7.86. The summed E-state index contributed by atoms with van der Waals surface area (Å²) in [6.07, 6.45) is 0.899. The fourth-order valence-electron chi connectivity index (χ4n) is 1.76. The second-order valence-electron chi connectivity index (χ2n) is 3.89. The number of thiazole rings is 1. The van der Waals surface area contributed by atoms with Crippen molar-refractivity contribution in [3.63, 3.8) is 0 Å². The van der Waals surface area contributed by atoms with Crippen LogP contribution < -0.4 is 0 Å². The summed E-state index contributed by atoms with van der Waals surface area (Å²) in [5.74, 6) is 0. The first kappa shape index (κ1) is 12.6. The van der Waals surface area contributed by atoms with E-state index in [4.69, 9.17) is 11.6 Å². The fourth-order valence-corrected chi connectivity index (χ4v) is 4.76.